The van der Waals surface area contributed by atoms with Crippen molar-refractivity contribution in [3.05, 3.63) is 0 Å². The molecule has 0 bridgehead atoms. The average Bonchev–Trinajstić information content (AvgIpc) is 2.34. The molecular weight excluding hydrogens is 260 g/mol. The highest BCUT2D eigenvalue weighted by Crippen LogP contribution is 2.13. The lowest BCUT2D eigenvalue weighted by atomic mass is 10.0. The number of amidine groups is 1. The molecule has 0 aromatic carbocycles. The van der Waals surface area contributed by atoms with Crippen LogP contribution >= 0.6 is 0 Å². The molecule has 0 rings (SSSR count). The Hall–Kier alpha value is -1.79. The van der Waals surface area contributed by atoms with E-state index in [0.717, 1.165) is 0 Å². The van der Waals surface area contributed by atoms with Crippen molar-refractivity contribution in [3.8, 4) is 0 Å². The first-order valence-electron chi connectivity index (χ1n) is 6.64. The minimum absolute atomic E-state index is 0.0902. The summed E-state index contributed by atoms with van der Waals surface area (Å²) in [7, 11) is 1.25. The Labute approximate surface area is 120 Å². The first-order chi connectivity index (χ1) is 9.13. The van der Waals surface area contributed by atoms with Crippen molar-refractivity contribution >= 4 is 17.8 Å². The van der Waals surface area contributed by atoms with E-state index >= 15 is 0 Å². The van der Waals surface area contributed by atoms with Crippen LogP contribution in [0, 0.1) is 11.3 Å². The van der Waals surface area contributed by atoms with E-state index in [1.165, 1.54) is 12.0 Å². The van der Waals surface area contributed by atoms with Crippen molar-refractivity contribution in [2.75, 3.05) is 7.11 Å². The monoisotopic (exact) mass is 286 g/mol. The fraction of sp³-hybridized carbons (Fsp3) is 0.769. The molecule has 0 fully saturated rings. The quantitative estimate of drug-likeness (QED) is 0.498. The molecule has 7 nitrogen and oxygen atoms in total. The first kappa shape index (κ1) is 18.2. The molecule has 2 amide bonds. The normalized spacial score (nSPS) is 13.8. The van der Waals surface area contributed by atoms with Gasteiger partial charge >= 0.3 is 6.09 Å². The number of nitrogens with zero attached hydrogens (tertiary/aromatic N) is 1. The number of ether oxygens (including phenoxy) is 1. The van der Waals surface area contributed by atoms with E-state index in [0.29, 0.717) is 0 Å². The topological polar surface area (TPSA) is 109 Å². The minimum atomic E-state index is -0.716. The Morgan fingerprint density at radius 3 is 2.00 bits per heavy atom. The first-order valence-corrected chi connectivity index (χ1v) is 6.64. The number of alkyl carbamates (subject to hydrolysis) is 1. The van der Waals surface area contributed by atoms with Crippen molar-refractivity contribution in [1.82, 2.24) is 10.2 Å². The van der Waals surface area contributed by atoms with E-state index in [2.05, 4.69) is 10.1 Å². The van der Waals surface area contributed by atoms with Crippen LogP contribution in [-0.2, 0) is 9.53 Å². The molecule has 0 aliphatic heterocycles. The summed E-state index contributed by atoms with van der Waals surface area (Å²) in [4.78, 5) is 25.5. The molecule has 20 heavy (non-hydrogen) atoms. The van der Waals surface area contributed by atoms with Crippen LogP contribution in [0.25, 0.3) is 0 Å². The summed E-state index contributed by atoms with van der Waals surface area (Å²) in [6.45, 7) is 9.03. The van der Waals surface area contributed by atoms with Gasteiger partial charge in [0, 0.05) is 6.04 Å². The zero-order chi connectivity index (χ0) is 16.0. The molecule has 0 radical (unpaired) electrons. The van der Waals surface area contributed by atoms with Gasteiger partial charge in [0.15, 0.2) is 0 Å². The van der Waals surface area contributed by atoms with Gasteiger partial charge in [0.05, 0.1) is 13.2 Å². The predicted octanol–water partition coefficient (Wildman–Crippen LogP) is 0.928. The summed E-state index contributed by atoms with van der Waals surface area (Å²) in [6, 6.07) is -1.38. The van der Waals surface area contributed by atoms with Gasteiger partial charge in [-0.05, 0) is 26.7 Å². The fourth-order valence-corrected chi connectivity index (χ4v) is 1.90. The Kier molecular flexibility index (Phi) is 7.02. The van der Waals surface area contributed by atoms with Crippen LogP contribution in [0.2, 0.25) is 0 Å². The highest BCUT2D eigenvalue weighted by molar-refractivity contribution is 5.91. The van der Waals surface area contributed by atoms with Gasteiger partial charge in [0.25, 0.3) is 0 Å². The molecule has 2 atom stereocenters. The van der Waals surface area contributed by atoms with E-state index in [4.69, 9.17) is 11.1 Å². The SMILES string of the molecule is COC(=O)N[C@H](C(=O)N(C(C)C)C(C)C(=N)N)C(C)C. The standard InChI is InChI=1S/C13H26N4O3/c1-7(2)10(16-13(19)20-6)12(18)17(8(3)4)9(5)11(14)15/h7-10H,1-6H3,(H3,14,15)(H,16,19)/t9?,10-/m0/s1. The van der Waals surface area contributed by atoms with E-state index in [9.17, 15) is 9.59 Å². The highest BCUT2D eigenvalue weighted by atomic mass is 16.5. The van der Waals surface area contributed by atoms with Crippen LogP contribution in [-0.4, -0.2) is 48.0 Å². The van der Waals surface area contributed by atoms with Gasteiger partial charge in [0.2, 0.25) is 5.91 Å². The summed E-state index contributed by atoms with van der Waals surface area (Å²) in [6.07, 6.45) is -0.656. The molecule has 0 spiro atoms. The maximum absolute atomic E-state index is 12.6. The number of nitrogens with one attached hydrogen (secondary N) is 2. The second-order valence-corrected chi connectivity index (χ2v) is 5.33. The lowest BCUT2D eigenvalue weighted by molar-refractivity contribution is -0.137. The van der Waals surface area contributed by atoms with Crippen LogP contribution in [0.1, 0.15) is 34.6 Å². The fourth-order valence-electron chi connectivity index (χ4n) is 1.90. The highest BCUT2D eigenvalue weighted by Gasteiger charge is 2.33. The number of carbonyl (C=O) groups excluding carboxylic acids is 2. The van der Waals surface area contributed by atoms with E-state index in [1.807, 2.05) is 27.7 Å². The molecule has 0 heterocycles. The lowest BCUT2D eigenvalue weighted by Gasteiger charge is -2.36. The van der Waals surface area contributed by atoms with Crippen LogP contribution < -0.4 is 11.1 Å². The Balaban J connectivity index is 5.27. The third-order valence-corrected chi connectivity index (χ3v) is 3.07. The van der Waals surface area contributed by atoms with Gasteiger partial charge in [-0.25, -0.2) is 4.79 Å². The molecule has 0 aliphatic rings. The number of carbonyl (C=O) groups is 2. The van der Waals surface area contributed by atoms with Crippen molar-refractivity contribution in [2.45, 2.75) is 52.7 Å². The summed E-state index contributed by atoms with van der Waals surface area (Å²) in [5, 5.41) is 10.0. The largest absolute Gasteiger partial charge is 0.453 e. The predicted molar refractivity (Wildman–Crippen MR) is 77.5 cm³/mol. The van der Waals surface area contributed by atoms with E-state index in [-0.39, 0.29) is 23.7 Å². The van der Waals surface area contributed by atoms with Crippen LogP contribution in [0.3, 0.4) is 0 Å². The van der Waals surface area contributed by atoms with Crippen molar-refractivity contribution in [1.29, 1.82) is 5.41 Å². The van der Waals surface area contributed by atoms with Crippen LogP contribution in [0.15, 0.2) is 0 Å². The molecule has 1 unspecified atom stereocenters. The molecule has 7 heteroatoms. The molecule has 116 valence electrons. The summed E-state index contributed by atoms with van der Waals surface area (Å²) < 4.78 is 4.54. The van der Waals surface area contributed by atoms with Gasteiger partial charge in [-0.3, -0.25) is 10.2 Å². The number of methoxy groups -OCH3 is 1. The van der Waals surface area contributed by atoms with Gasteiger partial charge in [-0.15, -0.1) is 0 Å². The second kappa shape index (κ2) is 7.72. The van der Waals surface area contributed by atoms with Gasteiger partial charge in [-0.2, -0.15) is 0 Å². The Morgan fingerprint density at radius 2 is 1.70 bits per heavy atom. The van der Waals surface area contributed by atoms with Gasteiger partial charge in [0.1, 0.15) is 11.9 Å². The molecule has 0 aliphatic carbocycles. The Morgan fingerprint density at radius 1 is 1.20 bits per heavy atom. The van der Waals surface area contributed by atoms with Crippen LogP contribution in [0.5, 0.6) is 0 Å². The number of hydrogen-bond acceptors (Lipinski definition) is 4. The summed E-state index contributed by atoms with van der Waals surface area (Å²) >= 11 is 0. The van der Waals surface area contributed by atoms with E-state index < -0.39 is 18.2 Å². The lowest BCUT2D eigenvalue weighted by Crippen LogP contribution is -2.57. The number of hydrogen-bond donors (Lipinski definition) is 3. The molecule has 0 aromatic rings. The average molecular weight is 286 g/mol. The van der Waals surface area contributed by atoms with Crippen molar-refractivity contribution in [2.24, 2.45) is 11.7 Å². The molecular formula is C13H26N4O3. The second-order valence-electron chi connectivity index (χ2n) is 5.33. The zero-order valence-electron chi connectivity index (χ0n) is 13.1. The Bertz CT molecular complexity index is 369. The molecule has 0 saturated carbocycles. The van der Waals surface area contributed by atoms with Crippen LogP contribution in [0.4, 0.5) is 4.79 Å². The molecule has 4 N–H and O–H groups in total. The molecule has 0 aromatic heterocycles. The number of nitrogens with two attached hydrogens (primary N) is 1. The third-order valence-electron chi connectivity index (χ3n) is 3.07. The van der Waals surface area contributed by atoms with Gasteiger partial charge < -0.3 is 20.7 Å². The summed E-state index contributed by atoms with van der Waals surface area (Å²) in [5.41, 5.74) is 5.49. The summed E-state index contributed by atoms with van der Waals surface area (Å²) in [5.74, 6) is -0.474. The number of rotatable bonds is 6. The third kappa shape index (κ3) is 4.71. The zero-order valence-corrected chi connectivity index (χ0v) is 13.1. The number of amides is 2. The van der Waals surface area contributed by atoms with Gasteiger partial charge in [-0.1, -0.05) is 13.8 Å². The van der Waals surface area contributed by atoms with Crippen molar-refractivity contribution < 1.29 is 14.3 Å². The minimum Gasteiger partial charge on any atom is -0.453 e. The van der Waals surface area contributed by atoms with E-state index in [1.54, 1.807) is 6.92 Å². The smallest absolute Gasteiger partial charge is 0.407 e. The maximum Gasteiger partial charge on any atom is 0.407 e. The van der Waals surface area contributed by atoms with Crippen molar-refractivity contribution in [3.63, 3.8) is 0 Å². The maximum atomic E-state index is 12.6. The molecule has 0 saturated heterocycles.